The summed E-state index contributed by atoms with van der Waals surface area (Å²) < 4.78 is 1.61. The predicted octanol–water partition coefficient (Wildman–Crippen LogP) is 1.81. The first-order chi connectivity index (χ1) is 6.83. The number of nitrogens with zero attached hydrogens (tertiary/aromatic N) is 2. The zero-order chi connectivity index (χ0) is 9.97. The summed E-state index contributed by atoms with van der Waals surface area (Å²) in [6, 6.07) is 10.1. The second-order valence-electron chi connectivity index (χ2n) is 3.24. The maximum Gasteiger partial charge on any atom is 0.0692 e. The second-order valence-corrected chi connectivity index (χ2v) is 3.24. The van der Waals surface area contributed by atoms with E-state index in [1.54, 1.807) is 4.68 Å². The summed E-state index contributed by atoms with van der Waals surface area (Å²) in [4.78, 5) is 0. The maximum atomic E-state index is 8.52. The Balaban J connectivity index is 2.51. The summed E-state index contributed by atoms with van der Waals surface area (Å²) in [6.45, 7) is 0. The summed E-state index contributed by atoms with van der Waals surface area (Å²) in [6.07, 6.45) is 3.19. The molecule has 0 fully saturated rings. The Morgan fingerprint density at radius 1 is 1.36 bits per heavy atom. The van der Waals surface area contributed by atoms with Gasteiger partial charge in [0.15, 0.2) is 0 Å². The van der Waals surface area contributed by atoms with Crippen molar-refractivity contribution in [3.8, 4) is 6.07 Å². The van der Waals surface area contributed by atoms with Gasteiger partial charge in [0.05, 0.1) is 11.6 Å². The van der Waals surface area contributed by atoms with Crippen LogP contribution in [0.2, 0.25) is 0 Å². The number of nitrogens with two attached hydrogens (primary N) is 1. The summed E-state index contributed by atoms with van der Waals surface area (Å²) in [7, 11) is 0. The molecule has 0 spiro atoms. The fourth-order valence-electron chi connectivity index (χ4n) is 1.67. The Kier molecular flexibility index (Phi) is 2.11. The second kappa shape index (κ2) is 3.43. The molecule has 3 nitrogen and oxygen atoms in total. The van der Waals surface area contributed by atoms with Crippen molar-refractivity contribution in [3.63, 3.8) is 0 Å². The van der Waals surface area contributed by atoms with Crippen molar-refractivity contribution in [1.82, 2.24) is 4.68 Å². The molecule has 1 aromatic carbocycles. The van der Waals surface area contributed by atoms with Crippen molar-refractivity contribution in [2.75, 3.05) is 5.84 Å². The van der Waals surface area contributed by atoms with Gasteiger partial charge in [-0.15, -0.1) is 0 Å². The lowest BCUT2D eigenvalue weighted by Crippen LogP contribution is -2.04. The molecule has 0 atom stereocenters. The molecule has 14 heavy (non-hydrogen) atoms. The standard InChI is InChI=1S/C11H11N3/c12-7-3-4-9-8-14(13)11-6-2-1-5-10(9)11/h1-2,5-6,8H,3-4,13H2. The summed E-state index contributed by atoms with van der Waals surface area (Å²) in [5.41, 5.74) is 2.16. The molecule has 0 bridgehead atoms. The fourth-order valence-corrected chi connectivity index (χ4v) is 1.67. The van der Waals surface area contributed by atoms with E-state index >= 15 is 0 Å². The zero-order valence-corrected chi connectivity index (χ0v) is 7.77. The normalized spacial score (nSPS) is 10.2. The van der Waals surface area contributed by atoms with Crippen molar-refractivity contribution in [2.24, 2.45) is 0 Å². The highest BCUT2D eigenvalue weighted by atomic mass is 15.3. The lowest BCUT2D eigenvalue weighted by atomic mass is 10.1. The summed E-state index contributed by atoms with van der Waals surface area (Å²) >= 11 is 0. The van der Waals surface area contributed by atoms with Crippen LogP contribution in [0.3, 0.4) is 0 Å². The minimum atomic E-state index is 0.536. The third kappa shape index (κ3) is 1.31. The van der Waals surface area contributed by atoms with Crippen LogP contribution >= 0.6 is 0 Å². The van der Waals surface area contributed by atoms with Gasteiger partial charge >= 0.3 is 0 Å². The molecule has 1 aromatic heterocycles. The van der Waals surface area contributed by atoms with Gasteiger partial charge in [-0.1, -0.05) is 18.2 Å². The van der Waals surface area contributed by atoms with Crippen LogP contribution in [0.15, 0.2) is 30.5 Å². The Morgan fingerprint density at radius 2 is 2.14 bits per heavy atom. The molecule has 0 aliphatic heterocycles. The molecule has 0 aliphatic carbocycles. The number of aryl methyl sites for hydroxylation is 1. The zero-order valence-electron chi connectivity index (χ0n) is 7.77. The van der Waals surface area contributed by atoms with Crippen LogP contribution in [-0.4, -0.2) is 4.68 Å². The van der Waals surface area contributed by atoms with Crippen LogP contribution in [0, 0.1) is 11.3 Å². The molecule has 0 amide bonds. The van der Waals surface area contributed by atoms with Crippen LogP contribution in [0.25, 0.3) is 10.9 Å². The van der Waals surface area contributed by atoms with E-state index in [9.17, 15) is 0 Å². The van der Waals surface area contributed by atoms with Crippen LogP contribution < -0.4 is 5.84 Å². The van der Waals surface area contributed by atoms with E-state index in [4.69, 9.17) is 11.1 Å². The van der Waals surface area contributed by atoms with E-state index < -0.39 is 0 Å². The Labute approximate surface area is 82.3 Å². The highest BCUT2D eigenvalue weighted by Gasteiger charge is 2.04. The number of para-hydroxylation sites is 1. The highest BCUT2D eigenvalue weighted by molar-refractivity contribution is 5.83. The monoisotopic (exact) mass is 185 g/mol. The van der Waals surface area contributed by atoms with Gasteiger partial charge in [-0.2, -0.15) is 5.26 Å². The van der Waals surface area contributed by atoms with Gasteiger partial charge in [0.1, 0.15) is 0 Å². The van der Waals surface area contributed by atoms with Gasteiger partial charge in [-0.05, 0) is 18.1 Å². The Morgan fingerprint density at radius 3 is 2.93 bits per heavy atom. The van der Waals surface area contributed by atoms with E-state index in [0.717, 1.165) is 22.9 Å². The average molecular weight is 185 g/mol. The van der Waals surface area contributed by atoms with E-state index in [-0.39, 0.29) is 0 Å². The number of nitrogen functional groups attached to an aromatic ring is 1. The smallest absolute Gasteiger partial charge is 0.0692 e. The van der Waals surface area contributed by atoms with Crippen LogP contribution in [0.4, 0.5) is 0 Å². The SMILES string of the molecule is N#CCCc1cn(N)c2ccccc12. The molecule has 3 heteroatoms. The molecule has 1 heterocycles. The molecule has 0 unspecified atom stereocenters. The fraction of sp³-hybridized carbons (Fsp3) is 0.182. The number of nitriles is 1. The lowest BCUT2D eigenvalue weighted by molar-refractivity contribution is 0.990. The minimum Gasteiger partial charge on any atom is -0.339 e. The molecule has 0 radical (unpaired) electrons. The summed E-state index contributed by atoms with van der Waals surface area (Å²) in [5.74, 6) is 5.78. The van der Waals surface area contributed by atoms with Crippen LogP contribution in [0.1, 0.15) is 12.0 Å². The number of rotatable bonds is 2. The van der Waals surface area contributed by atoms with Gasteiger partial charge in [0.2, 0.25) is 0 Å². The number of aromatic nitrogens is 1. The molecule has 70 valence electrons. The molecule has 2 N–H and O–H groups in total. The molecule has 0 saturated heterocycles. The number of hydrogen-bond donors (Lipinski definition) is 1. The summed E-state index contributed by atoms with van der Waals surface area (Å²) in [5, 5.41) is 9.66. The van der Waals surface area contributed by atoms with Crippen molar-refractivity contribution >= 4 is 10.9 Å². The number of hydrogen-bond acceptors (Lipinski definition) is 2. The average Bonchev–Trinajstić information content (AvgIpc) is 2.54. The van der Waals surface area contributed by atoms with Crippen LogP contribution in [-0.2, 0) is 6.42 Å². The van der Waals surface area contributed by atoms with Crippen molar-refractivity contribution < 1.29 is 0 Å². The van der Waals surface area contributed by atoms with Crippen molar-refractivity contribution in [3.05, 3.63) is 36.0 Å². The van der Waals surface area contributed by atoms with Gasteiger partial charge in [-0.3, -0.25) is 4.68 Å². The lowest BCUT2D eigenvalue weighted by Gasteiger charge is -1.93. The first-order valence-electron chi connectivity index (χ1n) is 4.54. The molecule has 2 aromatic rings. The predicted molar refractivity (Wildman–Crippen MR) is 56.0 cm³/mol. The number of fused-ring (bicyclic) bond motifs is 1. The first kappa shape index (κ1) is 8.64. The Hall–Kier alpha value is -1.95. The first-order valence-corrected chi connectivity index (χ1v) is 4.54. The molecule has 0 saturated carbocycles. The Bertz CT molecular complexity index is 491. The molecule has 2 rings (SSSR count). The van der Waals surface area contributed by atoms with Crippen molar-refractivity contribution in [2.45, 2.75) is 12.8 Å². The largest absolute Gasteiger partial charge is 0.339 e. The third-order valence-corrected chi connectivity index (χ3v) is 2.33. The van der Waals surface area contributed by atoms with Gasteiger partial charge in [0.25, 0.3) is 0 Å². The molecule has 0 aliphatic rings. The quantitative estimate of drug-likeness (QED) is 0.725. The van der Waals surface area contributed by atoms with E-state index in [1.807, 2.05) is 30.5 Å². The van der Waals surface area contributed by atoms with Gasteiger partial charge in [0, 0.05) is 18.0 Å². The van der Waals surface area contributed by atoms with E-state index in [1.165, 1.54) is 0 Å². The molecular formula is C11H11N3. The molecular weight excluding hydrogens is 174 g/mol. The topological polar surface area (TPSA) is 54.7 Å². The minimum absolute atomic E-state index is 0.536. The van der Waals surface area contributed by atoms with Crippen LogP contribution in [0.5, 0.6) is 0 Å². The van der Waals surface area contributed by atoms with E-state index in [0.29, 0.717) is 6.42 Å². The van der Waals surface area contributed by atoms with Gasteiger partial charge < -0.3 is 5.84 Å². The van der Waals surface area contributed by atoms with Crippen molar-refractivity contribution in [1.29, 1.82) is 5.26 Å². The van der Waals surface area contributed by atoms with Gasteiger partial charge in [-0.25, -0.2) is 0 Å². The van der Waals surface area contributed by atoms with E-state index in [2.05, 4.69) is 6.07 Å². The maximum absolute atomic E-state index is 8.52. The third-order valence-electron chi connectivity index (χ3n) is 2.33. The highest BCUT2D eigenvalue weighted by Crippen LogP contribution is 2.20. The number of benzene rings is 1.